The Balaban J connectivity index is 1.37. The summed E-state index contributed by atoms with van der Waals surface area (Å²) in [6.45, 7) is 4.87. The Bertz CT molecular complexity index is 1500. The molecule has 1 saturated heterocycles. The van der Waals surface area contributed by atoms with Gasteiger partial charge in [0.2, 0.25) is 0 Å². The first-order chi connectivity index (χ1) is 23.1. The van der Waals surface area contributed by atoms with Gasteiger partial charge in [0.25, 0.3) is 0 Å². The van der Waals surface area contributed by atoms with Gasteiger partial charge in [-0.05, 0) is 22.8 Å². The van der Waals surface area contributed by atoms with Crippen molar-refractivity contribution in [1.82, 2.24) is 0 Å². The van der Waals surface area contributed by atoms with E-state index in [2.05, 4.69) is 6.58 Å². The molecule has 0 N–H and O–H groups in total. The van der Waals surface area contributed by atoms with Gasteiger partial charge in [0, 0.05) is 12.7 Å². The van der Waals surface area contributed by atoms with Crippen molar-refractivity contribution in [3.05, 3.63) is 150 Å². The van der Waals surface area contributed by atoms with Crippen LogP contribution in [-0.2, 0) is 59.5 Å². The SMILES string of the molecule is C=CCOc1ccccc1CC(=O)OC[C@H]1O[C@H](OC)[C@@H](OCc2ccccc2)[C@@H](OCc2ccccc2)[C@@H]1OCc1ccccc1. The number of methoxy groups -OCH3 is 1. The number of carbonyl (C=O) groups excluding carboxylic acids is 1. The largest absolute Gasteiger partial charge is 0.489 e. The Kier molecular flexibility index (Phi) is 13.1. The molecule has 0 aliphatic carbocycles. The van der Waals surface area contributed by atoms with Gasteiger partial charge in [-0.3, -0.25) is 4.79 Å². The van der Waals surface area contributed by atoms with Crippen molar-refractivity contribution >= 4 is 5.97 Å². The molecule has 0 spiro atoms. The zero-order chi connectivity index (χ0) is 32.7. The molecule has 0 aromatic heterocycles. The van der Waals surface area contributed by atoms with Crippen molar-refractivity contribution in [2.45, 2.75) is 56.9 Å². The maximum absolute atomic E-state index is 13.2. The molecular formula is C39H42O8. The quantitative estimate of drug-likeness (QED) is 0.0963. The molecule has 8 nitrogen and oxygen atoms in total. The minimum Gasteiger partial charge on any atom is -0.489 e. The fourth-order valence-electron chi connectivity index (χ4n) is 5.39. The second-order valence-electron chi connectivity index (χ2n) is 11.1. The maximum atomic E-state index is 13.2. The highest BCUT2D eigenvalue weighted by molar-refractivity contribution is 5.73. The van der Waals surface area contributed by atoms with E-state index in [1.54, 1.807) is 13.2 Å². The number of para-hydroxylation sites is 1. The summed E-state index contributed by atoms with van der Waals surface area (Å²) in [4.78, 5) is 13.2. The summed E-state index contributed by atoms with van der Waals surface area (Å²) in [5.41, 5.74) is 3.70. The van der Waals surface area contributed by atoms with Crippen molar-refractivity contribution in [2.24, 2.45) is 0 Å². The highest BCUT2D eigenvalue weighted by Crippen LogP contribution is 2.31. The second-order valence-corrected chi connectivity index (χ2v) is 11.1. The molecule has 246 valence electrons. The smallest absolute Gasteiger partial charge is 0.310 e. The maximum Gasteiger partial charge on any atom is 0.310 e. The number of hydrogen-bond acceptors (Lipinski definition) is 8. The lowest BCUT2D eigenvalue weighted by Gasteiger charge is -2.45. The summed E-state index contributed by atoms with van der Waals surface area (Å²) in [5.74, 6) is 0.179. The summed E-state index contributed by atoms with van der Waals surface area (Å²) < 4.78 is 43.5. The number of ether oxygens (including phenoxy) is 7. The summed E-state index contributed by atoms with van der Waals surface area (Å²) >= 11 is 0. The Morgan fingerprint density at radius 3 is 1.77 bits per heavy atom. The topological polar surface area (TPSA) is 81.7 Å². The number of benzene rings is 4. The van der Waals surface area contributed by atoms with E-state index >= 15 is 0 Å². The summed E-state index contributed by atoms with van der Waals surface area (Å²) in [6.07, 6.45) is -1.78. The van der Waals surface area contributed by atoms with Gasteiger partial charge in [-0.15, -0.1) is 0 Å². The van der Waals surface area contributed by atoms with Gasteiger partial charge >= 0.3 is 5.97 Å². The molecule has 47 heavy (non-hydrogen) atoms. The van der Waals surface area contributed by atoms with E-state index in [0.717, 1.165) is 16.7 Å². The Hall–Kier alpha value is -4.31. The Morgan fingerprint density at radius 2 is 1.21 bits per heavy atom. The van der Waals surface area contributed by atoms with Gasteiger partial charge in [-0.2, -0.15) is 0 Å². The molecule has 1 heterocycles. The van der Waals surface area contributed by atoms with Gasteiger partial charge in [0.05, 0.1) is 26.2 Å². The molecule has 0 bridgehead atoms. The minimum absolute atomic E-state index is 0.0278. The molecule has 5 rings (SSSR count). The van der Waals surface area contributed by atoms with E-state index in [4.69, 9.17) is 33.2 Å². The summed E-state index contributed by atoms with van der Waals surface area (Å²) in [6, 6.07) is 37.0. The average Bonchev–Trinajstić information content (AvgIpc) is 3.12. The lowest BCUT2D eigenvalue weighted by atomic mass is 9.97. The third-order valence-corrected chi connectivity index (χ3v) is 7.75. The van der Waals surface area contributed by atoms with Crippen molar-refractivity contribution in [3.63, 3.8) is 0 Å². The lowest BCUT2D eigenvalue weighted by Crippen LogP contribution is -2.61. The fourth-order valence-corrected chi connectivity index (χ4v) is 5.39. The highest BCUT2D eigenvalue weighted by atomic mass is 16.7. The molecule has 1 aliphatic rings. The number of rotatable bonds is 17. The summed E-state index contributed by atoms with van der Waals surface area (Å²) in [5, 5.41) is 0. The average molecular weight is 639 g/mol. The molecule has 1 fully saturated rings. The fraction of sp³-hybridized carbons (Fsp3) is 0.308. The molecule has 4 aromatic carbocycles. The van der Waals surface area contributed by atoms with Crippen LogP contribution in [0, 0.1) is 0 Å². The second kappa shape index (κ2) is 18.1. The summed E-state index contributed by atoms with van der Waals surface area (Å²) in [7, 11) is 1.56. The normalized spacial score (nSPS) is 20.7. The lowest BCUT2D eigenvalue weighted by molar-refractivity contribution is -0.321. The molecule has 4 aromatic rings. The number of carbonyl (C=O) groups is 1. The standard InChI is InChI=1S/C39H42O8/c1-3-23-42-33-22-14-13-21-32(33)24-35(40)43-28-34-36(44-25-29-15-7-4-8-16-29)37(45-26-30-17-9-5-10-18-30)38(39(41-2)47-34)46-27-31-19-11-6-12-20-31/h3-22,34,36-39H,1,23-28H2,2H3/t34-,36-,37+,38+,39+/m1/s1. The molecule has 8 heteroatoms. The van der Waals surface area contributed by atoms with Crippen molar-refractivity contribution in [3.8, 4) is 5.75 Å². The van der Waals surface area contributed by atoms with Crippen LogP contribution in [0.15, 0.2) is 128 Å². The van der Waals surface area contributed by atoms with Gasteiger partial charge in [-0.25, -0.2) is 0 Å². The van der Waals surface area contributed by atoms with Crippen molar-refractivity contribution < 1.29 is 38.0 Å². The highest BCUT2D eigenvalue weighted by Gasteiger charge is 2.49. The van der Waals surface area contributed by atoms with Crippen LogP contribution in [0.25, 0.3) is 0 Å². The monoisotopic (exact) mass is 638 g/mol. The molecular weight excluding hydrogens is 596 g/mol. The first-order valence-corrected chi connectivity index (χ1v) is 15.8. The molecule has 0 radical (unpaired) electrons. The van der Waals surface area contributed by atoms with Gasteiger partial charge in [0.1, 0.15) is 43.4 Å². The van der Waals surface area contributed by atoms with Gasteiger partial charge < -0.3 is 33.2 Å². The molecule has 0 unspecified atom stereocenters. The van der Waals surface area contributed by atoms with Crippen LogP contribution in [0.5, 0.6) is 5.75 Å². The molecule has 0 amide bonds. The van der Waals surface area contributed by atoms with E-state index in [1.807, 2.05) is 115 Å². The number of esters is 1. The molecule has 1 aliphatic heterocycles. The molecule has 5 atom stereocenters. The Labute approximate surface area is 276 Å². The van der Waals surface area contributed by atoms with E-state index in [0.29, 0.717) is 37.7 Å². The first kappa shape index (κ1) is 34.0. The van der Waals surface area contributed by atoms with Gasteiger partial charge in [0.15, 0.2) is 6.29 Å². The third kappa shape index (κ3) is 10.1. The van der Waals surface area contributed by atoms with Crippen LogP contribution < -0.4 is 4.74 Å². The molecule has 0 saturated carbocycles. The van der Waals surface area contributed by atoms with Crippen LogP contribution in [0.2, 0.25) is 0 Å². The van der Waals surface area contributed by atoms with Crippen LogP contribution in [-0.4, -0.2) is 57.0 Å². The third-order valence-electron chi connectivity index (χ3n) is 7.75. The van der Waals surface area contributed by atoms with E-state index in [-0.39, 0.29) is 13.0 Å². The van der Waals surface area contributed by atoms with E-state index in [1.165, 1.54) is 0 Å². The van der Waals surface area contributed by atoms with Crippen molar-refractivity contribution in [2.75, 3.05) is 20.3 Å². The predicted molar refractivity (Wildman–Crippen MR) is 178 cm³/mol. The van der Waals surface area contributed by atoms with E-state index in [9.17, 15) is 4.79 Å². The van der Waals surface area contributed by atoms with Gasteiger partial charge in [-0.1, -0.05) is 122 Å². The Morgan fingerprint density at radius 1 is 0.702 bits per heavy atom. The number of hydrogen-bond donors (Lipinski definition) is 0. The first-order valence-electron chi connectivity index (χ1n) is 15.8. The zero-order valence-electron chi connectivity index (χ0n) is 26.6. The predicted octanol–water partition coefficient (Wildman–Crippen LogP) is 6.46. The minimum atomic E-state index is -0.812. The van der Waals surface area contributed by atoms with Crippen molar-refractivity contribution in [1.29, 1.82) is 0 Å². The van der Waals surface area contributed by atoms with Crippen LogP contribution in [0.4, 0.5) is 0 Å². The van der Waals surface area contributed by atoms with Crippen LogP contribution in [0.3, 0.4) is 0 Å². The van der Waals surface area contributed by atoms with E-state index < -0.39 is 36.7 Å². The van der Waals surface area contributed by atoms with Crippen LogP contribution in [0.1, 0.15) is 22.3 Å². The zero-order valence-corrected chi connectivity index (χ0v) is 26.6. The van der Waals surface area contributed by atoms with Crippen LogP contribution >= 0.6 is 0 Å².